The Morgan fingerprint density at radius 3 is 2.48 bits per heavy atom. The highest BCUT2D eigenvalue weighted by Crippen LogP contribution is 2.15. The maximum atomic E-state index is 10.3. The molecule has 126 valence electrons. The van der Waals surface area contributed by atoms with Crippen LogP contribution in [-0.4, -0.2) is 35.9 Å². The Kier molecular flexibility index (Phi) is 7.76. The van der Waals surface area contributed by atoms with Gasteiger partial charge in [-0.1, -0.05) is 50.2 Å². The fourth-order valence-corrected chi connectivity index (χ4v) is 3.19. The average Bonchev–Trinajstić information content (AvgIpc) is 3.00. The minimum Gasteiger partial charge on any atom is -0.389 e. The number of benzene rings is 1. The number of aliphatic hydroxyl groups excluding tert-OH is 1. The van der Waals surface area contributed by atoms with Crippen molar-refractivity contribution in [1.29, 1.82) is 0 Å². The van der Waals surface area contributed by atoms with Gasteiger partial charge in [0.15, 0.2) is 0 Å². The van der Waals surface area contributed by atoms with E-state index in [2.05, 4.69) is 60.5 Å². The van der Waals surface area contributed by atoms with Gasteiger partial charge in [0.1, 0.15) is 0 Å². The van der Waals surface area contributed by atoms with E-state index in [1.165, 1.54) is 10.4 Å². The highest BCUT2D eigenvalue weighted by Gasteiger charge is 2.14. The molecule has 0 fully saturated rings. The first kappa shape index (κ1) is 18.1. The lowest BCUT2D eigenvalue weighted by Crippen LogP contribution is -2.34. The van der Waals surface area contributed by atoms with Crippen LogP contribution in [0.15, 0.2) is 47.8 Å². The quantitative estimate of drug-likeness (QED) is 0.718. The van der Waals surface area contributed by atoms with Crippen molar-refractivity contribution in [2.24, 2.45) is 5.92 Å². The molecule has 0 radical (unpaired) electrons. The molecule has 23 heavy (non-hydrogen) atoms. The highest BCUT2D eigenvalue weighted by atomic mass is 32.1. The van der Waals surface area contributed by atoms with Gasteiger partial charge in [-0.3, -0.25) is 4.90 Å². The minimum atomic E-state index is -0.461. The van der Waals surface area contributed by atoms with Crippen LogP contribution in [0.3, 0.4) is 0 Å². The number of hydrogen-bond acceptors (Lipinski definition) is 4. The summed E-state index contributed by atoms with van der Waals surface area (Å²) in [4.78, 5) is 3.60. The lowest BCUT2D eigenvalue weighted by Gasteiger charge is -2.25. The van der Waals surface area contributed by atoms with Crippen LogP contribution in [0.25, 0.3) is 0 Å². The second-order valence-corrected chi connectivity index (χ2v) is 7.35. The molecular formula is C19H27NO2S. The summed E-state index contributed by atoms with van der Waals surface area (Å²) >= 11 is 1.76. The van der Waals surface area contributed by atoms with Gasteiger partial charge in [-0.15, -0.1) is 11.3 Å². The Morgan fingerprint density at radius 2 is 1.83 bits per heavy atom. The van der Waals surface area contributed by atoms with Crippen molar-refractivity contribution in [1.82, 2.24) is 4.90 Å². The van der Waals surface area contributed by atoms with Crippen molar-refractivity contribution < 1.29 is 9.84 Å². The van der Waals surface area contributed by atoms with Crippen LogP contribution < -0.4 is 0 Å². The van der Waals surface area contributed by atoms with E-state index >= 15 is 0 Å². The third kappa shape index (κ3) is 7.27. The molecule has 1 atom stereocenters. The predicted octanol–water partition coefficient (Wildman–Crippen LogP) is 3.78. The van der Waals surface area contributed by atoms with E-state index in [1.807, 2.05) is 6.07 Å². The summed E-state index contributed by atoms with van der Waals surface area (Å²) in [5, 5.41) is 12.4. The van der Waals surface area contributed by atoms with Crippen LogP contribution in [0.1, 0.15) is 24.3 Å². The maximum Gasteiger partial charge on any atom is 0.0900 e. The van der Waals surface area contributed by atoms with E-state index in [0.717, 1.165) is 13.1 Å². The first-order valence-electron chi connectivity index (χ1n) is 8.18. The average molecular weight is 333 g/mol. The fraction of sp³-hybridized carbons (Fsp3) is 0.474. The van der Waals surface area contributed by atoms with Gasteiger partial charge in [0.2, 0.25) is 0 Å². The largest absolute Gasteiger partial charge is 0.389 e. The predicted molar refractivity (Wildman–Crippen MR) is 96.5 cm³/mol. The molecule has 0 saturated heterocycles. The standard InChI is InChI=1S/C19H27NO2S/c1-16(2)14-22-15-18(21)12-20(13-19-9-6-10-23-19)11-17-7-4-3-5-8-17/h3-10,16,18,21H,11-15H2,1-2H3. The summed E-state index contributed by atoms with van der Waals surface area (Å²) in [5.74, 6) is 0.494. The van der Waals surface area contributed by atoms with Crippen molar-refractivity contribution >= 4 is 11.3 Å². The summed E-state index contributed by atoms with van der Waals surface area (Å²) < 4.78 is 5.57. The molecule has 2 rings (SSSR count). The van der Waals surface area contributed by atoms with Crippen LogP contribution in [0.2, 0.25) is 0 Å². The summed E-state index contributed by atoms with van der Waals surface area (Å²) in [6.07, 6.45) is -0.461. The molecule has 3 nitrogen and oxygen atoms in total. The van der Waals surface area contributed by atoms with E-state index < -0.39 is 6.10 Å². The number of ether oxygens (including phenoxy) is 1. The second kappa shape index (κ2) is 9.83. The van der Waals surface area contributed by atoms with E-state index in [0.29, 0.717) is 25.7 Å². The van der Waals surface area contributed by atoms with Gasteiger partial charge in [-0.05, 0) is 22.9 Å². The Hall–Kier alpha value is -1.20. The van der Waals surface area contributed by atoms with Crippen LogP contribution in [0.4, 0.5) is 0 Å². The summed E-state index contributed by atoms with van der Waals surface area (Å²) in [5.41, 5.74) is 1.26. The van der Waals surface area contributed by atoms with E-state index in [-0.39, 0.29) is 0 Å². The van der Waals surface area contributed by atoms with Gasteiger partial charge in [-0.25, -0.2) is 0 Å². The summed E-state index contributed by atoms with van der Waals surface area (Å²) in [7, 11) is 0. The molecule has 2 aromatic rings. The molecule has 0 saturated carbocycles. The molecule has 0 spiro atoms. The van der Waals surface area contributed by atoms with Crippen molar-refractivity contribution in [2.45, 2.75) is 33.0 Å². The molecule has 0 bridgehead atoms. The molecule has 0 aliphatic carbocycles. The van der Waals surface area contributed by atoms with Gasteiger partial charge >= 0.3 is 0 Å². The number of hydrogen-bond donors (Lipinski definition) is 1. The molecule has 0 aliphatic rings. The van der Waals surface area contributed by atoms with Gasteiger partial charge < -0.3 is 9.84 Å². The zero-order chi connectivity index (χ0) is 16.5. The third-order valence-electron chi connectivity index (χ3n) is 3.44. The molecule has 0 aliphatic heterocycles. The zero-order valence-corrected chi connectivity index (χ0v) is 14.8. The Bertz CT molecular complexity index is 528. The topological polar surface area (TPSA) is 32.7 Å². The summed E-state index contributed by atoms with van der Waals surface area (Å²) in [6, 6.07) is 14.6. The zero-order valence-electron chi connectivity index (χ0n) is 14.0. The number of nitrogens with zero attached hydrogens (tertiary/aromatic N) is 1. The van der Waals surface area contributed by atoms with Crippen LogP contribution in [0, 0.1) is 5.92 Å². The first-order valence-corrected chi connectivity index (χ1v) is 9.06. The molecule has 1 aromatic heterocycles. The first-order chi connectivity index (χ1) is 11.1. The number of thiophene rings is 1. The molecule has 1 aromatic carbocycles. The maximum absolute atomic E-state index is 10.3. The molecule has 1 unspecified atom stereocenters. The van der Waals surface area contributed by atoms with Crippen LogP contribution in [0.5, 0.6) is 0 Å². The van der Waals surface area contributed by atoms with Crippen molar-refractivity contribution in [3.8, 4) is 0 Å². The van der Waals surface area contributed by atoms with Gasteiger partial charge in [0.25, 0.3) is 0 Å². The Labute approximate surface area is 143 Å². The third-order valence-corrected chi connectivity index (χ3v) is 4.30. The number of aliphatic hydroxyl groups is 1. The van der Waals surface area contributed by atoms with E-state index in [9.17, 15) is 5.11 Å². The monoisotopic (exact) mass is 333 g/mol. The van der Waals surface area contributed by atoms with Crippen molar-refractivity contribution in [3.05, 3.63) is 58.3 Å². The second-order valence-electron chi connectivity index (χ2n) is 6.32. The SMILES string of the molecule is CC(C)COCC(O)CN(Cc1ccccc1)Cc1cccs1. The summed E-state index contributed by atoms with van der Waals surface area (Å²) in [6.45, 7) is 7.63. The van der Waals surface area contributed by atoms with Gasteiger partial charge in [-0.2, -0.15) is 0 Å². The van der Waals surface area contributed by atoms with Gasteiger partial charge in [0, 0.05) is 31.1 Å². The smallest absolute Gasteiger partial charge is 0.0900 e. The Morgan fingerprint density at radius 1 is 1.04 bits per heavy atom. The van der Waals surface area contributed by atoms with Crippen molar-refractivity contribution in [2.75, 3.05) is 19.8 Å². The number of rotatable bonds is 10. The minimum absolute atomic E-state index is 0.397. The molecule has 4 heteroatoms. The van der Waals surface area contributed by atoms with Crippen LogP contribution in [-0.2, 0) is 17.8 Å². The normalized spacial score (nSPS) is 12.9. The van der Waals surface area contributed by atoms with Gasteiger partial charge in [0.05, 0.1) is 12.7 Å². The molecule has 1 heterocycles. The molecule has 0 amide bonds. The van der Waals surface area contributed by atoms with E-state index in [1.54, 1.807) is 11.3 Å². The molecule has 1 N–H and O–H groups in total. The Balaban J connectivity index is 1.90. The van der Waals surface area contributed by atoms with Crippen LogP contribution >= 0.6 is 11.3 Å². The lowest BCUT2D eigenvalue weighted by atomic mass is 10.2. The lowest BCUT2D eigenvalue weighted by molar-refractivity contribution is 0.00570. The molecular weight excluding hydrogens is 306 g/mol. The highest BCUT2D eigenvalue weighted by molar-refractivity contribution is 7.09. The van der Waals surface area contributed by atoms with E-state index in [4.69, 9.17) is 4.74 Å². The van der Waals surface area contributed by atoms with Crippen molar-refractivity contribution in [3.63, 3.8) is 0 Å². The fourth-order valence-electron chi connectivity index (χ4n) is 2.44.